The van der Waals surface area contributed by atoms with Crippen LogP contribution in [0.4, 0.5) is 0 Å². The third-order valence-electron chi connectivity index (χ3n) is 5.06. The lowest BCUT2D eigenvalue weighted by Crippen LogP contribution is -2.42. The number of carbonyl (C=O) groups is 1. The van der Waals surface area contributed by atoms with Crippen molar-refractivity contribution in [3.63, 3.8) is 0 Å². The average Bonchev–Trinajstić information content (AvgIpc) is 3.17. The molecule has 0 radical (unpaired) electrons. The Morgan fingerprint density at radius 3 is 2.46 bits per heavy atom. The summed E-state index contributed by atoms with van der Waals surface area (Å²) in [4.78, 5) is 12.6. The molecule has 0 fully saturated rings. The number of carbonyl (C=O) groups excluding carboxylic acids is 1. The highest BCUT2D eigenvalue weighted by Crippen LogP contribution is 2.41. The van der Waals surface area contributed by atoms with Crippen LogP contribution in [0.2, 0.25) is 18.1 Å². The zero-order chi connectivity index (χ0) is 20.8. The van der Waals surface area contributed by atoms with Crippen LogP contribution in [0.25, 0.3) is 6.08 Å². The molecule has 2 aromatic rings. The highest BCUT2D eigenvalue weighted by atomic mass is 28.4. The topological polar surface area (TPSA) is 48.7 Å². The monoisotopic (exact) mass is 398 g/mol. The van der Waals surface area contributed by atoms with Crippen LogP contribution >= 0.6 is 0 Å². The van der Waals surface area contributed by atoms with E-state index in [2.05, 4.69) is 40.4 Å². The van der Waals surface area contributed by atoms with Crippen LogP contribution in [0, 0.1) is 0 Å². The Bertz CT molecular complexity index is 799. The van der Waals surface area contributed by atoms with Gasteiger partial charge in [0.1, 0.15) is 12.7 Å². The normalized spacial score (nSPS) is 13.5. The molecule has 0 amide bonds. The van der Waals surface area contributed by atoms with E-state index in [4.69, 9.17) is 13.6 Å². The predicted molar refractivity (Wildman–Crippen MR) is 115 cm³/mol. The van der Waals surface area contributed by atoms with E-state index in [9.17, 15) is 4.79 Å². The molecule has 1 aromatic heterocycles. The van der Waals surface area contributed by atoms with E-state index in [-0.39, 0.29) is 17.2 Å². The highest BCUT2D eigenvalue weighted by molar-refractivity contribution is 6.74. The first-order valence-electron chi connectivity index (χ1n) is 9.39. The fraction of sp³-hybridized carbons (Fsp3) is 0.348. The molecule has 0 spiro atoms. The lowest BCUT2D eigenvalue weighted by Gasteiger charge is -2.39. The third kappa shape index (κ3) is 5.81. The summed E-state index contributed by atoms with van der Waals surface area (Å²) in [6.45, 7) is 14.9. The second-order valence-electron chi connectivity index (χ2n) is 8.25. The SMILES string of the molecule is C=C(C(=O)OC/C=C/c1ccccc1)C(O[Si](C)(C)C(C)(C)C)c1ccoc1. The summed E-state index contributed by atoms with van der Waals surface area (Å²) < 4.78 is 17.1. The van der Waals surface area contributed by atoms with Crippen molar-refractivity contribution in [3.8, 4) is 0 Å². The number of furan rings is 1. The number of rotatable bonds is 8. The van der Waals surface area contributed by atoms with E-state index in [1.165, 1.54) is 0 Å². The van der Waals surface area contributed by atoms with Gasteiger partial charge >= 0.3 is 5.97 Å². The van der Waals surface area contributed by atoms with Gasteiger partial charge in [0, 0.05) is 5.56 Å². The zero-order valence-corrected chi connectivity index (χ0v) is 18.4. The summed E-state index contributed by atoms with van der Waals surface area (Å²) in [7, 11) is -2.14. The second-order valence-corrected chi connectivity index (χ2v) is 13.0. The molecule has 28 heavy (non-hydrogen) atoms. The lowest BCUT2D eigenvalue weighted by molar-refractivity contribution is -0.138. The Morgan fingerprint density at radius 1 is 1.21 bits per heavy atom. The summed E-state index contributed by atoms with van der Waals surface area (Å²) in [6.07, 6.45) is 6.30. The minimum absolute atomic E-state index is 0.00239. The van der Waals surface area contributed by atoms with Gasteiger partial charge in [0.15, 0.2) is 8.32 Å². The van der Waals surface area contributed by atoms with Crippen molar-refractivity contribution in [2.75, 3.05) is 6.61 Å². The van der Waals surface area contributed by atoms with Gasteiger partial charge in [-0.05, 0) is 35.8 Å². The van der Waals surface area contributed by atoms with Gasteiger partial charge in [0.05, 0.1) is 18.1 Å². The molecule has 0 aliphatic heterocycles. The van der Waals surface area contributed by atoms with E-state index >= 15 is 0 Å². The van der Waals surface area contributed by atoms with Gasteiger partial charge in [-0.1, -0.05) is 63.8 Å². The first kappa shape index (κ1) is 21.9. The fourth-order valence-electron chi connectivity index (χ4n) is 2.31. The standard InChI is InChI=1S/C23H30O4Si/c1-18(22(24)26-15-10-13-19-11-8-7-9-12-19)21(20-14-16-25-17-20)27-28(5,6)23(2,3)4/h7-14,16-17,21H,1,15H2,2-6H3/b13-10+. The maximum absolute atomic E-state index is 12.6. The van der Waals surface area contributed by atoms with Crippen LogP contribution in [0.3, 0.4) is 0 Å². The van der Waals surface area contributed by atoms with Gasteiger partial charge in [0.25, 0.3) is 0 Å². The highest BCUT2D eigenvalue weighted by Gasteiger charge is 2.41. The van der Waals surface area contributed by atoms with Gasteiger partial charge < -0.3 is 13.6 Å². The Hall–Kier alpha value is -2.37. The summed E-state index contributed by atoms with van der Waals surface area (Å²) in [5, 5.41) is -0.00239. The molecule has 1 aromatic carbocycles. The van der Waals surface area contributed by atoms with Crippen molar-refractivity contribution < 1.29 is 18.4 Å². The largest absolute Gasteiger partial charge is 0.472 e. The Morgan fingerprint density at radius 2 is 1.89 bits per heavy atom. The third-order valence-corrected chi connectivity index (χ3v) is 9.50. The Balaban J connectivity index is 2.05. The number of hydrogen-bond donors (Lipinski definition) is 0. The van der Waals surface area contributed by atoms with Crippen molar-refractivity contribution in [1.82, 2.24) is 0 Å². The van der Waals surface area contributed by atoms with Crippen LogP contribution in [-0.2, 0) is 14.0 Å². The minimum Gasteiger partial charge on any atom is -0.472 e. The maximum Gasteiger partial charge on any atom is 0.336 e. The molecular weight excluding hydrogens is 368 g/mol. The lowest BCUT2D eigenvalue weighted by atomic mass is 10.1. The molecular formula is C23H30O4Si. The number of ether oxygens (including phenoxy) is 1. The van der Waals surface area contributed by atoms with E-state index < -0.39 is 20.4 Å². The maximum atomic E-state index is 12.6. The summed E-state index contributed by atoms with van der Waals surface area (Å²) in [5.74, 6) is -0.470. The van der Waals surface area contributed by atoms with Crippen LogP contribution in [0.15, 0.2) is 71.6 Å². The molecule has 0 N–H and O–H groups in total. The van der Waals surface area contributed by atoms with Gasteiger partial charge in [-0.2, -0.15) is 0 Å². The average molecular weight is 399 g/mol. The molecule has 1 unspecified atom stereocenters. The van der Waals surface area contributed by atoms with Crippen LogP contribution in [0.1, 0.15) is 38.0 Å². The molecule has 1 heterocycles. The van der Waals surface area contributed by atoms with Gasteiger partial charge in [-0.3, -0.25) is 0 Å². The number of benzene rings is 1. The molecule has 0 aliphatic rings. The van der Waals surface area contributed by atoms with Crippen molar-refractivity contribution in [3.05, 3.63) is 78.3 Å². The molecule has 0 bridgehead atoms. The molecule has 2 rings (SSSR count). The second kappa shape index (κ2) is 9.21. The Kier molecular flexibility index (Phi) is 7.21. The van der Waals surface area contributed by atoms with E-state index in [0.29, 0.717) is 0 Å². The van der Waals surface area contributed by atoms with Crippen molar-refractivity contribution >= 4 is 20.4 Å². The van der Waals surface area contributed by atoms with Gasteiger partial charge in [0.2, 0.25) is 0 Å². The van der Waals surface area contributed by atoms with Crippen molar-refractivity contribution in [1.29, 1.82) is 0 Å². The van der Waals surface area contributed by atoms with Crippen LogP contribution in [0.5, 0.6) is 0 Å². The molecule has 0 saturated carbocycles. The summed E-state index contributed by atoms with van der Waals surface area (Å²) in [6, 6.07) is 11.6. The molecule has 1 atom stereocenters. The first-order valence-corrected chi connectivity index (χ1v) is 12.3. The van der Waals surface area contributed by atoms with E-state index in [0.717, 1.165) is 11.1 Å². The first-order chi connectivity index (χ1) is 13.1. The molecule has 5 heteroatoms. The molecule has 0 aliphatic carbocycles. The van der Waals surface area contributed by atoms with E-state index in [1.54, 1.807) is 18.6 Å². The van der Waals surface area contributed by atoms with Crippen LogP contribution in [-0.4, -0.2) is 20.9 Å². The van der Waals surface area contributed by atoms with Gasteiger partial charge in [-0.25, -0.2) is 4.79 Å². The zero-order valence-electron chi connectivity index (χ0n) is 17.4. The molecule has 0 saturated heterocycles. The van der Waals surface area contributed by atoms with E-state index in [1.807, 2.05) is 42.5 Å². The number of hydrogen-bond acceptors (Lipinski definition) is 4. The summed E-state index contributed by atoms with van der Waals surface area (Å²) in [5.41, 5.74) is 2.10. The molecule has 4 nitrogen and oxygen atoms in total. The quantitative estimate of drug-likeness (QED) is 0.304. The summed E-state index contributed by atoms with van der Waals surface area (Å²) >= 11 is 0. The Labute approximate surface area is 169 Å². The fourth-order valence-corrected chi connectivity index (χ4v) is 3.53. The van der Waals surface area contributed by atoms with Crippen molar-refractivity contribution in [2.45, 2.75) is 45.0 Å². The molecule has 150 valence electrons. The minimum atomic E-state index is -2.14. The van der Waals surface area contributed by atoms with Crippen molar-refractivity contribution in [2.24, 2.45) is 0 Å². The van der Waals surface area contributed by atoms with Gasteiger partial charge in [-0.15, -0.1) is 0 Å². The predicted octanol–water partition coefficient (Wildman–Crippen LogP) is 6.16. The smallest absolute Gasteiger partial charge is 0.336 e. The number of esters is 1. The van der Waals surface area contributed by atoms with Crippen LogP contribution < -0.4 is 0 Å².